The fraction of sp³-hybridized carbons (Fsp3) is 0.200. The second-order valence-electron chi connectivity index (χ2n) is 7.02. The minimum absolute atomic E-state index is 0.0514. The molecule has 0 saturated carbocycles. The number of ether oxygens (including phenoxy) is 1. The maximum Gasteiger partial charge on any atom is 0.265 e. The Hall–Kier alpha value is -3.60. The smallest absolute Gasteiger partial charge is 0.265 e. The van der Waals surface area contributed by atoms with Crippen molar-refractivity contribution in [1.82, 2.24) is 0 Å². The van der Waals surface area contributed by atoms with Crippen LogP contribution in [0, 0.1) is 0 Å². The number of nitrogens with zero attached hydrogens (tertiary/aromatic N) is 1. The first kappa shape index (κ1) is 21.1. The van der Waals surface area contributed by atoms with Gasteiger partial charge in [-0.25, -0.2) is 0 Å². The van der Waals surface area contributed by atoms with Crippen molar-refractivity contribution in [3.8, 4) is 16.9 Å². The van der Waals surface area contributed by atoms with Crippen LogP contribution in [0.25, 0.3) is 11.1 Å². The summed E-state index contributed by atoms with van der Waals surface area (Å²) in [5.41, 5.74) is 3.65. The van der Waals surface area contributed by atoms with E-state index < -0.39 is 6.10 Å². The molecule has 0 aliphatic rings. The number of hydrogen-bond acceptors (Lipinski definition) is 3. The van der Waals surface area contributed by atoms with E-state index in [1.807, 2.05) is 49.4 Å². The van der Waals surface area contributed by atoms with Gasteiger partial charge in [0.2, 0.25) is 5.91 Å². The van der Waals surface area contributed by atoms with E-state index in [0.29, 0.717) is 17.9 Å². The first-order chi connectivity index (χ1) is 14.5. The lowest BCUT2D eigenvalue weighted by Crippen LogP contribution is -2.32. The highest BCUT2D eigenvalue weighted by atomic mass is 16.5. The Bertz CT molecular complexity index is 983. The van der Waals surface area contributed by atoms with Crippen molar-refractivity contribution in [2.45, 2.75) is 26.4 Å². The van der Waals surface area contributed by atoms with E-state index in [4.69, 9.17) is 4.74 Å². The van der Waals surface area contributed by atoms with Gasteiger partial charge in [0.25, 0.3) is 5.91 Å². The van der Waals surface area contributed by atoms with Crippen molar-refractivity contribution in [2.75, 3.05) is 17.3 Å². The summed E-state index contributed by atoms with van der Waals surface area (Å²) < 4.78 is 5.92. The van der Waals surface area contributed by atoms with Crippen LogP contribution in [-0.2, 0) is 9.59 Å². The molecule has 1 N–H and O–H groups in total. The van der Waals surface area contributed by atoms with Crippen LogP contribution in [0.5, 0.6) is 5.75 Å². The van der Waals surface area contributed by atoms with Gasteiger partial charge in [-0.3, -0.25) is 9.59 Å². The zero-order valence-electron chi connectivity index (χ0n) is 17.5. The molecule has 0 fully saturated rings. The highest BCUT2D eigenvalue weighted by Crippen LogP contribution is 2.23. The number of benzene rings is 3. The molecular weight excluding hydrogens is 376 g/mol. The Morgan fingerprint density at radius 3 is 2.07 bits per heavy atom. The van der Waals surface area contributed by atoms with E-state index in [9.17, 15) is 9.59 Å². The molecule has 0 spiro atoms. The number of anilines is 2. The number of amides is 2. The molecule has 0 saturated heterocycles. The molecule has 3 aromatic carbocycles. The SMILES string of the molecule is CCC(Oc1ccc(-c2ccccc2)cc1)C(=O)Nc1ccc(N(C)C(C)=O)cc1. The monoisotopic (exact) mass is 402 g/mol. The van der Waals surface area contributed by atoms with E-state index in [-0.39, 0.29) is 11.8 Å². The van der Waals surface area contributed by atoms with Crippen LogP contribution in [-0.4, -0.2) is 25.0 Å². The standard InChI is InChI=1S/C25H26N2O3/c1-4-24(25(29)26-21-12-14-22(15-13-21)27(3)18(2)28)30-23-16-10-20(11-17-23)19-8-6-5-7-9-19/h5-17,24H,4H2,1-3H3,(H,26,29). The van der Waals surface area contributed by atoms with Crippen LogP contribution in [0.3, 0.4) is 0 Å². The average Bonchev–Trinajstić information content (AvgIpc) is 2.78. The van der Waals surface area contributed by atoms with E-state index >= 15 is 0 Å². The highest BCUT2D eigenvalue weighted by Gasteiger charge is 2.19. The van der Waals surface area contributed by atoms with Gasteiger partial charge in [0, 0.05) is 25.3 Å². The number of nitrogens with one attached hydrogen (secondary N) is 1. The van der Waals surface area contributed by atoms with Crippen LogP contribution in [0.4, 0.5) is 11.4 Å². The van der Waals surface area contributed by atoms with Crippen molar-refractivity contribution in [1.29, 1.82) is 0 Å². The molecule has 3 aromatic rings. The predicted octanol–water partition coefficient (Wildman–Crippen LogP) is 5.13. The Morgan fingerprint density at radius 2 is 1.50 bits per heavy atom. The normalized spacial score (nSPS) is 11.4. The van der Waals surface area contributed by atoms with Gasteiger partial charge in [-0.05, 0) is 53.9 Å². The molecule has 30 heavy (non-hydrogen) atoms. The number of hydrogen-bond donors (Lipinski definition) is 1. The second-order valence-corrected chi connectivity index (χ2v) is 7.02. The molecule has 2 amide bonds. The maximum absolute atomic E-state index is 12.7. The average molecular weight is 402 g/mol. The number of rotatable bonds is 7. The van der Waals surface area contributed by atoms with Crippen molar-refractivity contribution in [3.05, 3.63) is 78.9 Å². The van der Waals surface area contributed by atoms with Gasteiger partial charge in [-0.1, -0.05) is 49.4 Å². The lowest BCUT2D eigenvalue weighted by atomic mass is 10.1. The summed E-state index contributed by atoms with van der Waals surface area (Å²) in [5, 5.41) is 2.88. The van der Waals surface area contributed by atoms with Gasteiger partial charge in [0.15, 0.2) is 6.10 Å². The zero-order chi connectivity index (χ0) is 21.5. The van der Waals surface area contributed by atoms with Crippen LogP contribution in [0.1, 0.15) is 20.3 Å². The summed E-state index contributed by atoms with van der Waals surface area (Å²) in [6, 6.07) is 25.0. The predicted molar refractivity (Wildman–Crippen MR) is 121 cm³/mol. The number of carbonyl (C=O) groups is 2. The van der Waals surface area contributed by atoms with Gasteiger partial charge in [0.1, 0.15) is 5.75 Å². The summed E-state index contributed by atoms with van der Waals surface area (Å²) in [4.78, 5) is 25.7. The Balaban J connectivity index is 1.63. The van der Waals surface area contributed by atoms with Crippen LogP contribution in [0.2, 0.25) is 0 Å². The third-order valence-electron chi connectivity index (χ3n) is 4.90. The molecule has 0 aliphatic heterocycles. The van der Waals surface area contributed by atoms with E-state index in [1.54, 1.807) is 36.2 Å². The molecule has 0 radical (unpaired) electrons. The highest BCUT2D eigenvalue weighted by molar-refractivity contribution is 5.95. The van der Waals surface area contributed by atoms with Crippen LogP contribution >= 0.6 is 0 Å². The van der Waals surface area contributed by atoms with E-state index in [2.05, 4.69) is 17.4 Å². The maximum atomic E-state index is 12.7. The Kier molecular flexibility index (Phi) is 6.86. The molecule has 0 bridgehead atoms. The summed E-state index contributed by atoms with van der Waals surface area (Å²) >= 11 is 0. The minimum atomic E-state index is -0.604. The Morgan fingerprint density at radius 1 is 0.900 bits per heavy atom. The first-order valence-corrected chi connectivity index (χ1v) is 9.95. The fourth-order valence-corrected chi connectivity index (χ4v) is 3.02. The summed E-state index contributed by atoms with van der Waals surface area (Å²) in [6.07, 6.45) is -0.0654. The summed E-state index contributed by atoms with van der Waals surface area (Å²) in [6.45, 7) is 3.42. The molecule has 1 unspecified atom stereocenters. The van der Waals surface area contributed by atoms with Crippen LogP contribution in [0.15, 0.2) is 78.9 Å². The van der Waals surface area contributed by atoms with Gasteiger partial charge < -0.3 is 15.0 Å². The van der Waals surface area contributed by atoms with Crippen molar-refractivity contribution < 1.29 is 14.3 Å². The van der Waals surface area contributed by atoms with E-state index in [0.717, 1.165) is 16.8 Å². The van der Waals surface area contributed by atoms with Gasteiger partial charge in [-0.15, -0.1) is 0 Å². The van der Waals surface area contributed by atoms with Crippen molar-refractivity contribution in [2.24, 2.45) is 0 Å². The molecular formula is C25H26N2O3. The Labute approximate surface area is 177 Å². The lowest BCUT2D eigenvalue weighted by molar-refractivity contribution is -0.122. The quantitative estimate of drug-likeness (QED) is 0.596. The van der Waals surface area contributed by atoms with Crippen molar-refractivity contribution >= 4 is 23.2 Å². The van der Waals surface area contributed by atoms with Crippen LogP contribution < -0.4 is 15.0 Å². The number of carbonyl (C=O) groups excluding carboxylic acids is 2. The molecule has 3 rings (SSSR count). The van der Waals surface area contributed by atoms with E-state index in [1.165, 1.54) is 6.92 Å². The molecule has 0 aromatic heterocycles. The molecule has 5 heteroatoms. The lowest BCUT2D eigenvalue weighted by Gasteiger charge is -2.18. The van der Waals surface area contributed by atoms with Gasteiger partial charge in [0.05, 0.1) is 0 Å². The van der Waals surface area contributed by atoms with Gasteiger partial charge >= 0.3 is 0 Å². The second kappa shape index (κ2) is 9.74. The third-order valence-corrected chi connectivity index (χ3v) is 4.90. The minimum Gasteiger partial charge on any atom is -0.481 e. The first-order valence-electron chi connectivity index (χ1n) is 9.95. The molecule has 0 aliphatic carbocycles. The van der Waals surface area contributed by atoms with Gasteiger partial charge in [-0.2, -0.15) is 0 Å². The fourth-order valence-electron chi connectivity index (χ4n) is 3.02. The summed E-state index contributed by atoms with van der Waals surface area (Å²) in [7, 11) is 1.71. The molecule has 0 heterocycles. The topological polar surface area (TPSA) is 58.6 Å². The molecule has 1 atom stereocenters. The third kappa shape index (κ3) is 5.26. The molecule has 5 nitrogen and oxygen atoms in total. The summed E-state index contributed by atoms with van der Waals surface area (Å²) in [5.74, 6) is 0.386. The zero-order valence-corrected chi connectivity index (χ0v) is 17.5. The van der Waals surface area contributed by atoms with Crippen molar-refractivity contribution in [3.63, 3.8) is 0 Å². The largest absolute Gasteiger partial charge is 0.481 e. The molecule has 154 valence electrons.